The molecule has 2 aliphatic heterocycles. The van der Waals surface area contributed by atoms with Crippen molar-refractivity contribution in [2.45, 2.75) is 92.6 Å². The molecule has 4 aliphatic rings. The quantitative estimate of drug-likeness (QED) is 0.271. The number of carboxylic acid groups (broad SMARTS) is 2. The summed E-state index contributed by atoms with van der Waals surface area (Å²) in [6, 6.07) is 0. The highest BCUT2D eigenvalue weighted by Crippen LogP contribution is 2.42. The van der Waals surface area contributed by atoms with Gasteiger partial charge in [0.05, 0.1) is 38.3 Å². The SMILES string of the molecule is CC1=CCC[C@H]1[C@@H](C(=O)O)[C@@H](CC1OCCO1)C(C)C.CC1=CCC[C@H]1[C@@H](C(=O)O)[C@@H](CC1OCCO1)C(C)C. The summed E-state index contributed by atoms with van der Waals surface area (Å²) in [4.78, 5) is 23.7. The maximum absolute atomic E-state index is 11.8. The van der Waals surface area contributed by atoms with E-state index >= 15 is 0 Å². The highest BCUT2D eigenvalue weighted by Gasteiger charge is 2.42. The Bertz CT molecular complexity index is 809. The van der Waals surface area contributed by atoms with E-state index in [0.29, 0.717) is 51.1 Å². The van der Waals surface area contributed by atoms with E-state index in [1.165, 1.54) is 11.1 Å². The number of ether oxygens (including phenoxy) is 4. The molecule has 40 heavy (non-hydrogen) atoms. The average molecular weight is 565 g/mol. The number of aliphatic carboxylic acids is 2. The Morgan fingerprint density at radius 1 is 0.700 bits per heavy atom. The van der Waals surface area contributed by atoms with Crippen molar-refractivity contribution < 1.29 is 38.7 Å². The lowest BCUT2D eigenvalue weighted by molar-refractivity contribution is -0.149. The second-order valence-electron chi connectivity index (χ2n) is 12.6. The van der Waals surface area contributed by atoms with Crippen molar-refractivity contribution >= 4 is 11.9 Å². The highest BCUT2D eigenvalue weighted by atomic mass is 16.7. The maximum Gasteiger partial charge on any atom is 0.307 e. The minimum atomic E-state index is -0.679. The number of carboxylic acids is 2. The first-order chi connectivity index (χ1) is 19.0. The van der Waals surface area contributed by atoms with Gasteiger partial charge in [0.1, 0.15) is 0 Å². The predicted molar refractivity (Wildman–Crippen MR) is 152 cm³/mol. The summed E-state index contributed by atoms with van der Waals surface area (Å²) in [5.74, 6) is -0.910. The summed E-state index contributed by atoms with van der Waals surface area (Å²) in [5.41, 5.74) is 2.47. The van der Waals surface area contributed by atoms with E-state index in [1.807, 2.05) is 0 Å². The van der Waals surface area contributed by atoms with Crippen LogP contribution in [0.2, 0.25) is 0 Å². The van der Waals surface area contributed by atoms with Crippen LogP contribution < -0.4 is 0 Å². The van der Waals surface area contributed by atoms with Gasteiger partial charge in [-0.2, -0.15) is 0 Å². The molecule has 2 saturated heterocycles. The lowest BCUT2D eigenvalue weighted by Gasteiger charge is -2.33. The molecule has 2 heterocycles. The van der Waals surface area contributed by atoms with Gasteiger partial charge in [-0.15, -0.1) is 0 Å². The zero-order valence-electron chi connectivity index (χ0n) is 25.3. The van der Waals surface area contributed by atoms with Gasteiger partial charge in [-0.25, -0.2) is 0 Å². The summed E-state index contributed by atoms with van der Waals surface area (Å²) >= 11 is 0. The summed E-state index contributed by atoms with van der Waals surface area (Å²) in [7, 11) is 0. The van der Waals surface area contributed by atoms with E-state index in [1.54, 1.807) is 0 Å². The van der Waals surface area contributed by atoms with Gasteiger partial charge in [0.15, 0.2) is 12.6 Å². The monoisotopic (exact) mass is 564 g/mol. The molecule has 0 saturated carbocycles. The normalized spacial score (nSPS) is 26.8. The van der Waals surface area contributed by atoms with E-state index in [9.17, 15) is 19.8 Å². The van der Waals surface area contributed by atoms with E-state index in [2.05, 4.69) is 53.7 Å². The van der Waals surface area contributed by atoms with Crippen LogP contribution in [0.1, 0.15) is 80.1 Å². The molecule has 0 spiro atoms. The van der Waals surface area contributed by atoms with Gasteiger partial charge >= 0.3 is 11.9 Å². The Morgan fingerprint density at radius 2 is 1.02 bits per heavy atom. The van der Waals surface area contributed by atoms with Crippen LogP contribution in [0, 0.1) is 47.3 Å². The molecule has 0 bridgehead atoms. The van der Waals surface area contributed by atoms with Crippen LogP contribution in [0.15, 0.2) is 23.3 Å². The molecule has 4 rings (SSSR count). The second-order valence-corrected chi connectivity index (χ2v) is 12.6. The van der Waals surface area contributed by atoms with Gasteiger partial charge in [0.25, 0.3) is 0 Å². The first kappa shape index (κ1) is 32.8. The molecule has 2 N–H and O–H groups in total. The molecule has 0 amide bonds. The Hall–Kier alpha value is -1.74. The molecule has 0 radical (unpaired) electrons. The fraction of sp³-hybridized carbons (Fsp3) is 0.812. The summed E-state index contributed by atoms with van der Waals surface area (Å²) in [5, 5.41) is 19.5. The highest BCUT2D eigenvalue weighted by molar-refractivity contribution is 5.72. The fourth-order valence-corrected chi connectivity index (χ4v) is 7.17. The molecule has 228 valence electrons. The Morgan fingerprint density at radius 3 is 1.25 bits per heavy atom. The van der Waals surface area contributed by atoms with Gasteiger partial charge in [-0.05, 0) is 75.0 Å². The first-order valence-electron chi connectivity index (χ1n) is 15.3. The third-order valence-electron chi connectivity index (χ3n) is 9.44. The van der Waals surface area contributed by atoms with Crippen molar-refractivity contribution in [3.05, 3.63) is 23.3 Å². The fourth-order valence-electron chi connectivity index (χ4n) is 7.17. The number of carbonyl (C=O) groups is 2. The molecular weight excluding hydrogens is 512 g/mol. The molecule has 2 aliphatic carbocycles. The molecule has 6 atom stereocenters. The van der Waals surface area contributed by atoms with Crippen LogP contribution in [0.3, 0.4) is 0 Å². The van der Waals surface area contributed by atoms with Crippen molar-refractivity contribution in [2.24, 2.45) is 47.3 Å². The Kier molecular flexibility index (Phi) is 12.7. The number of allylic oxidation sites excluding steroid dienone is 4. The van der Waals surface area contributed by atoms with Crippen LogP contribution in [-0.2, 0) is 28.5 Å². The molecule has 8 heteroatoms. The van der Waals surface area contributed by atoms with Crippen LogP contribution in [-0.4, -0.2) is 61.2 Å². The lowest BCUT2D eigenvalue weighted by Crippen LogP contribution is -2.36. The van der Waals surface area contributed by atoms with E-state index in [0.717, 1.165) is 25.7 Å². The minimum absolute atomic E-state index is 0.0852. The smallest absolute Gasteiger partial charge is 0.307 e. The average Bonchev–Trinajstić information content (AvgIpc) is 3.69. The number of rotatable bonds is 12. The summed E-state index contributed by atoms with van der Waals surface area (Å²) in [6.07, 6.45) is 9.18. The van der Waals surface area contributed by atoms with Crippen LogP contribution in [0.5, 0.6) is 0 Å². The molecule has 0 unspecified atom stereocenters. The van der Waals surface area contributed by atoms with Gasteiger partial charge < -0.3 is 29.2 Å². The lowest BCUT2D eigenvalue weighted by atomic mass is 9.72. The van der Waals surface area contributed by atoms with E-state index in [-0.39, 0.29) is 48.1 Å². The predicted octanol–water partition coefficient (Wildman–Crippen LogP) is 6.16. The van der Waals surface area contributed by atoms with Crippen LogP contribution >= 0.6 is 0 Å². The van der Waals surface area contributed by atoms with Gasteiger partial charge in [0, 0.05) is 12.8 Å². The van der Waals surface area contributed by atoms with Crippen molar-refractivity contribution in [2.75, 3.05) is 26.4 Å². The van der Waals surface area contributed by atoms with Gasteiger partial charge in [-0.3, -0.25) is 9.59 Å². The molecule has 0 aromatic heterocycles. The van der Waals surface area contributed by atoms with E-state index in [4.69, 9.17) is 18.9 Å². The largest absolute Gasteiger partial charge is 0.481 e. The Balaban J connectivity index is 0.000000220. The first-order valence-corrected chi connectivity index (χ1v) is 15.3. The summed E-state index contributed by atoms with van der Waals surface area (Å²) < 4.78 is 22.1. The molecule has 8 nitrogen and oxygen atoms in total. The zero-order chi connectivity index (χ0) is 29.4. The number of hydrogen-bond acceptors (Lipinski definition) is 6. The van der Waals surface area contributed by atoms with Crippen molar-refractivity contribution in [1.82, 2.24) is 0 Å². The van der Waals surface area contributed by atoms with Crippen molar-refractivity contribution in [1.29, 1.82) is 0 Å². The molecule has 2 fully saturated rings. The minimum Gasteiger partial charge on any atom is -0.481 e. The van der Waals surface area contributed by atoms with Crippen molar-refractivity contribution in [3.8, 4) is 0 Å². The third kappa shape index (κ3) is 8.63. The maximum atomic E-state index is 11.8. The topological polar surface area (TPSA) is 112 Å². The molecule has 0 aromatic carbocycles. The number of hydrogen-bond donors (Lipinski definition) is 2. The van der Waals surface area contributed by atoms with Gasteiger partial charge in [0.2, 0.25) is 0 Å². The van der Waals surface area contributed by atoms with Crippen LogP contribution in [0.25, 0.3) is 0 Å². The second kappa shape index (κ2) is 15.5. The van der Waals surface area contributed by atoms with Crippen molar-refractivity contribution in [3.63, 3.8) is 0 Å². The molecular formula is C32H52O8. The zero-order valence-corrected chi connectivity index (χ0v) is 25.3. The Labute approximate surface area is 240 Å². The summed E-state index contributed by atoms with van der Waals surface area (Å²) in [6.45, 7) is 15.0. The van der Waals surface area contributed by atoms with Gasteiger partial charge in [-0.1, -0.05) is 51.0 Å². The van der Waals surface area contributed by atoms with E-state index < -0.39 is 11.9 Å². The standard InChI is InChI=1S/2C16H26O4/c2*1-10(2)13(9-14-19-7-8-20-14)15(16(17)18)12-6-4-5-11(12)3/h2*5,10,12-15H,4,6-9H2,1-3H3,(H,17,18)/t2*12-,13+,15-/m11/s1. The third-order valence-corrected chi connectivity index (χ3v) is 9.44. The van der Waals surface area contributed by atoms with Crippen LogP contribution in [0.4, 0.5) is 0 Å². The molecule has 0 aromatic rings.